The van der Waals surface area contributed by atoms with Crippen molar-refractivity contribution in [3.8, 4) is 11.5 Å². The molecule has 0 atom stereocenters. The molecule has 0 N–H and O–H groups in total. The second-order valence-corrected chi connectivity index (χ2v) is 10.6. The number of hydrogen-bond acceptors (Lipinski definition) is 4. The fourth-order valence-corrected chi connectivity index (χ4v) is 5.36. The predicted molar refractivity (Wildman–Crippen MR) is 170 cm³/mol. The maximum Gasteiger partial charge on any atom is 0.338 e. The summed E-state index contributed by atoms with van der Waals surface area (Å²) >= 11 is 0. The number of carbonyl (C=O) groups excluding carboxylic acids is 2. The van der Waals surface area contributed by atoms with Crippen molar-refractivity contribution in [1.82, 2.24) is 0 Å². The van der Waals surface area contributed by atoms with Crippen LogP contribution in [0, 0.1) is 6.92 Å². The Bertz CT molecular complexity index is 1830. The van der Waals surface area contributed by atoms with Crippen molar-refractivity contribution in [2.45, 2.75) is 39.5 Å². The fraction of sp³-hybridized carbons (Fsp3) is 0.158. The molecule has 5 aromatic rings. The summed E-state index contributed by atoms with van der Waals surface area (Å²) in [7, 11) is 0. The topological polar surface area (TPSA) is 52.6 Å². The first-order valence-electron chi connectivity index (χ1n) is 14.2. The number of esters is 2. The highest BCUT2D eigenvalue weighted by Crippen LogP contribution is 2.31. The molecule has 0 fully saturated rings. The van der Waals surface area contributed by atoms with E-state index < -0.39 is 11.9 Å². The van der Waals surface area contributed by atoms with Crippen molar-refractivity contribution >= 4 is 33.5 Å². The Kier molecular flexibility index (Phi) is 8.63. The largest absolute Gasteiger partial charge is 0.423 e. The van der Waals surface area contributed by atoms with Gasteiger partial charge >= 0.3 is 11.9 Å². The zero-order chi connectivity index (χ0) is 29.6. The SMILES string of the molecule is C=CC(=O)Oc1ccc(CCc2ccc(CCc3ccc(OC(=O)C(=C)C)c4ccccc34)c(C)c2)c2ccccc12. The molecule has 0 aliphatic rings. The van der Waals surface area contributed by atoms with Gasteiger partial charge < -0.3 is 9.47 Å². The van der Waals surface area contributed by atoms with E-state index in [1.54, 1.807) is 6.92 Å². The van der Waals surface area contributed by atoms with Gasteiger partial charge in [-0.05, 0) is 90.3 Å². The minimum atomic E-state index is -0.460. The highest BCUT2D eigenvalue weighted by Gasteiger charge is 2.13. The summed E-state index contributed by atoms with van der Waals surface area (Å²) in [5.74, 6) is 0.235. The maximum atomic E-state index is 12.1. The smallest absolute Gasteiger partial charge is 0.338 e. The zero-order valence-electron chi connectivity index (χ0n) is 24.1. The van der Waals surface area contributed by atoms with E-state index in [0.717, 1.165) is 47.2 Å². The molecular formula is C38H34O4. The minimum absolute atomic E-state index is 0.375. The van der Waals surface area contributed by atoms with Crippen LogP contribution < -0.4 is 9.47 Å². The molecule has 210 valence electrons. The molecule has 5 rings (SSSR count). The summed E-state index contributed by atoms with van der Waals surface area (Å²) in [5, 5.41) is 4.03. The van der Waals surface area contributed by atoms with E-state index in [0.29, 0.717) is 17.1 Å². The van der Waals surface area contributed by atoms with Gasteiger partial charge in [-0.1, -0.05) is 92.0 Å². The van der Waals surface area contributed by atoms with Gasteiger partial charge in [0, 0.05) is 22.4 Å². The number of hydrogen-bond donors (Lipinski definition) is 0. The summed E-state index contributed by atoms with van der Waals surface area (Å²) in [6.45, 7) is 11.0. The van der Waals surface area contributed by atoms with Crippen molar-refractivity contribution in [2.75, 3.05) is 0 Å². The van der Waals surface area contributed by atoms with Crippen LogP contribution >= 0.6 is 0 Å². The summed E-state index contributed by atoms with van der Waals surface area (Å²) < 4.78 is 11.0. The van der Waals surface area contributed by atoms with E-state index in [1.807, 2.05) is 54.6 Å². The molecule has 5 aromatic carbocycles. The lowest BCUT2D eigenvalue weighted by atomic mass is 9.93. The second kappa shape index (κ2) is 12.7. The standard InChI is InChI=1S/C38H34O4/c1-5-37(39)41-35-22-20-29(31-10-6-8-12-33(31)35)17-15-27-14-16-28(26(4)24-27)18-19-30-21-23-36(42-38(40)25(2)3)34-13-9-7-11-32(30)34/h5-14,16,20-24H,1-2,15,17-19H2,3-4H3. The Morgan fingerprint density at radius 1 is 0.667 bits per heavy atom. The molecule has 0 amide bonds. The van der Waals surface area contributed by atoms with Gasteiger partial charge in [-0.3, -0.25) is 0 Å². The molecular weight excluding hydrogens is 520 g/mol. The van der Waals surface area contributed by atoms with Gasteiger partial charge in [-0.15, -0.1) is 0 Å². The van der Waals surface area contributed by atoms with Gasteiger partial charge in [0.15, 0.2) is 0 Å². The quantitative estimate of drug-likeness (QED) is 0.0987. The van der Waals surface area contributed by atoms with E-state index in [9.17, 15) is 9.59 Å². The third-order valence-corrected chi connectivity index (χ3v) is 7.63. The van der Waals surface area contributed by atoms with Crippen molar-refractivity contribution in [3.05, 3.63) is 144 Å². The van der Waals surface area contributed by atoms with E-state index in [4.69, 9.17) is 9.47 Å². The van der Waals surface area contributed by atoms with Crippen molar-refractivity contribution < 1.29 is 19.1 Å². The molecule has 0 bridgehead atoms. The van der Waals surface area contributed by atoms with Gasteiger partial charge in [-0.25, -0.2) is 9.59 Å². The van der Waals surface area contributed by atoms with Crippen LogP contribution in [0.2, 0.25) is 0 Å². The lowest BCUT2D eigenvalue weighted by molar-refractivity contribution is -0.130. The third kappa shape index (κ3) is 6.34. The van der Waals surface area contributed by atoms with Gasteiger partial charge in [0.25, 0.3) is 0 Å². The third-order valence-electron chi connectivity index (χ3n) is 7.63. The molecule has 0 unspecified atom stereocenters. The van der Waals surface area contributed by atoms with Gasteiger partial charge in [0.05, 0.1) is 0 Å². The Labute approximate surface area is 246 Å². The molecule has 42 heavy (non-hydrogen) atoms. The van der Waals surface area contributed by atoms with Crippen molar-refractivity contribution in [2.24, 2.45) is 0 Å². The summed E-state index contributed by atoms with van der Waals surface area (Å²) in [4.78, 5) is 23.9. The van der Waals surface area contributed by atoms with Crippen molar-refractivity contribution in [1.29, 1.82) is 0 Å². The molecule has 0 heterocycles. The molecule has 4 heteroatoms. The normalized spacial score (nSPS) is 10.9. The first-order chi connectivity index (χ1) is 20.3. The minimum Gasteiger partial charge on any atom is -0.423 e. The van der Waals surface area contributed by atoms with Crippen LogP contribution in [0.5, 0.6) is 11.5 Å². The summed E-state index contributed by atoms with van der Waals surface area (Å²) in [6.07, 6.45) is 4.76. The van der Waals surface area contributed by atoms with Crippen LogP contribution in [0.25, 0.3) is 21.5 Å². The Morgan fingerprint density at radius 3 is 1.71 bits per heavy atom. The summed E-state index contributed by atoms with van der Waals surface area (Å²) in [5.41, 5.74) is 6.70. The van der Waals surface area contributed by atoms with Crippen LogP contribution in [0.1, 0.15) is 34.7 Å². The monoisotopic (exact) mass is 554 g/mol. The molecule has 0 radical (unpaired) electrons. The molecule has 4 nitrogen and oxygen atoms in total. The lowest BCUT2D eigenvalue weighted by Gasteiger charge is -2.13. The van der Waals surface area contributed by atoms with Crippen LogP contribution in [0.15, 0.2) is 116 Å². The summed E-state index contributed by atoms with van der Waals surface area (Å²) in [6, 6.07) is 30.7. The average molecular weight is 555 g/mol. The average Bonchev–Trinajstić information content (AvgIpc) is 3.00. The van der Waals surface area contributed by atoms with Gasteiger partial charge in [0.1, 0.15) is 11.5 Å². The maximum absolute atomic E-state index is 12.1. The van der Waals surface area contributed by atoms with Crippen molar-refractivity contribution in [3.63, 3.8) is 0 Å². The first-order valence-corrected chi connectivity index (χ1v) is 14.2. The van der Waals surface area contributed by atoms with Gasteiger partial charge in [-0.2, -0.15) is 0 Å². The fourth-order valence-electron chi connectivity index (χ4n) is 5.36. The first kappa shape index (κ1) is 28.6. The van der Waals surface area contributed by atoms with Gasteiger partial charge in [0.2, 0.25) is 0 Å². The lowest BCUT2D eigenvalue weighted by Crippen LogP contribution is -2.08. The number of carbonyl (C=O) groups is 2. The Hall–Kier alpha value is -4.96. The number of ether oxygens (including phenoxy) is 2. The number of fused-ring (bicyclic) bond motifs is 2. The predicted octanol–water partition coefficient (Wildman–Crippen LogP) is 8.44. The highest BCUT2D eigenvalue weighted by molar-refractivity contribution is 5.96. The molecule has 0 aliphatic carbocycles. The van der Waals surface area contributed by atoms with E-state index in [-0.39, 0.29) is 0 Å². The second-order valence-electron chi connectivity index (χ2n) is 10.6. The molecule has 0 aliphatic heterocycles. The molecule has 0 saturated carbocycles. The highest BCUT2D eigenvalue weighted by atomic mass is 16.5. The van der Waals surface area contributed by atoms with E-state index in [1.165, 1.54) is 33.9 Å². The van der Waals surface area contributed by atoms with Crippen LogP contribution in [-0.4, -0.2) is 11.9 Å². The number of rotatable bonds is 10. The van der Waals surface area contributed by atoms with Crippen LogP contribution in [-0.2, 0) is 35.3 Å². The Balaban J connectivity index is 1.28. The van der Waals surface area contributed by atoms with Crippen LogP contribution in [0.3, 0.4) is 0 Å². The Morgan fingerprint density at radius 2 is 1.17 bits per heavy atom. The van der Waals surface area contributed by atoms with E-state index in [2.05, 4.69) is 56.5 Å². The molecule has 0 aromatic heterocycles. The number of aryl methyl sites for hydroxylation is 5. The zero-order valence-corrected chi connectivity index (χ0v) is 24.1. The van der Waals surface area contributed by atoms with E-state index >= 15 is 0 Å². The van der Waals surface area contributed by atoms with Crippen LogP contribution in [0.4, 0.5) is 0 Å². The molecule has 0 saturated heterocycles. The molecule has 0 spiro atoms. The number of benzene rings is 5.